The number of halogens is 1. The minimum Gasteiger partial charge on any atom is -0.377 e. The van der Waals surface area contributed by atoms with Gasteiger partial charge in [0.15, 0.2) is 0 Å². The number of nitrogens with one attached hydrogen (secondary N) is 1. The summed E-state index contributed by atoms with van der Waals surface area (Å²) in [6.07, 6.45) is 2.89. The zero-order valence-corrected chi connectivity index (χ0v) is 11.6. The highest BCUT2D eigenvalue weighted by atomic mass is 19.1. The number of nitrogens with zero attached hydrogens (tertiary/aromatic N) is 1. The number of hydrogen-bond acceptors (Lipinski definition) is 3. The Hall–Kier alpha value is -1.65. The first-order chi connectivity index (χ1) is 8.97. The summed E-state index contributed by atoms with van der Waals surface area (Å²) in [6.45, 7) is 6.32. The molecule has 5 heteroatoms. The van der Waals surface area contributed by atoms with E-state index < -0.39 is 10.7 Å². The van der Waals surface area contributed by atoms with Crippen LogP contribution in [0.3, 0.4) is 0 Å². The van der Waals surface area contributed by atoms with Crippen molar-refractivity contribution in [2.24, 2.45) is 5.92 Å². The first-order valence-electron chi connectivity index (χ1n) is 6.68. The van der Waals surface area contributed by atoms with E-state index in [1.807, 2.05) is 6.92 Å². The van der Waals surface area contributed by atoms with Gasteiger partial charge in [0.05, 0.1) is 11.0 Å². The van der Waals surface area contributed by atoms with Gasteiger partial charge in [0.1, 0.15) is 11.5 Å². The molecule has 1 aromatic rings. The molecule has 19 heavy (non-hydrogen) atoms. The van der Waals surface area contributed by atoms with Crippen LogP contribution in [0.4, 0.5) is 15.8 Å². The largest absolute Gasteiger partial charge is 0.377 e. The van der Waals surface area contributed by atoms with Crippen molar-refractivity contribution >= 4 is 11.4 Å². The minimum absolute atomic E-state index is 0.166. The highest BCUT2D eigenvalue weighted by molar-refractivity contribution is 5.61. The lowest BCUT2D eigenvalue weighted by molar-refractivity contribution is -0.384. The maximum atomic E-state index is 13.1. The third-order valence-corrected chi connectivity index (χ3v) is 3.39. The molecule has 106 valence electrons. The number of nitro benzene ring substituents is 1. The van der Waals surface area contributed by atoms with Gasteiger partial charge in [-0.15, -0.1) is 0 Å². The predicted molar refractivity (Wildman–Crippen MR) is 74.8 cm³/mol. The Morgan fingerprint density at radius 3 is 2.58 bits per heavy atom. The molecule has 0 fully saturated rings. The zero-order chi connectivity index (χ0) is 14.4. The van der Waals surface area contributed by atoms with Crippen LogP contribution in [0.15, 0.2) is 18.2 Å². The Kier molecular flexibility index (Phi) is 5.73. The molecule has 0 aliphatic heterocycles. The summed E-state index contributed by atoms with van der Waals surface area (Å²) < 4.78 is 13.1. The van der Waals surface area contributed by atoms with Gasteiger partial charge in [-0.1, -0.05) is 27.2 Å². The van der Waals surface area contributed by atoms with Crippen molar-refractivity contribution < 1.29 is 9.31 Å². The van der Waals surface area contributed by atoms with Crippen LogP contribution in [-0.2, 0) is 0 Å². The van der Waals surface area contributed by atoms with E-state index in [9.17, 15) is 14.5 Å². The van der Waals surface area contributed by atoms with Crippen LogP contribution in [0.5, 0.6) is 0 Å². The van der Waals surface area contributed by atoms with Crippen LogP contribution in [-0.4, -0.2) is 11.0 Å². The fourth-order valence-electron chi connectivity index (χ4n) is 1.98. The van der Waals surface area contributed by atoms with Crippen molar-refractivity contribution in [3.63, 3.8) is 0 Å². The first-order valence-corrected chi connectivity index (χ1v) is 6.68. The Balaban J connectivity index is 2.87. The molecule has 0 aliphatic rings. The first kappa shape index (κ1) is 15.4. The molecule has 1 aromatic carbocycles. The van der Waals surface area contributed by atoms with Gasteiger partial charge in [0, 0.05) is 6.04 Å². The summed E-state index contributed by atoms with van der Waals surface area (Å²) in [5.41, 5.74) is 0.184. The van der Waals surface area contributed by atoms with Crippen LogP contribution in [0.2, 0.25) is 0 Å². The topological polar surface area (TPSA) is 55.2 Å². The highest BCUT2D eigenvalue weighted by Crippen LogP contribution is 2.27. The quantitative estimate of drug-likeness (QED) is 0.590. The third kappa shape index (κ3) is 4.50. The van der Waals surface area contributed by atoms with Crippen molar-refractivity contribution in [2.75, 3.05) is 5.32 Å². The molecule has 1 rings (SSSR count). The number of rotatable bonds is 7. The Morgan fingerprint density at radius 1 is 1.37 bits per heavy atom. The molecular formula is C14H21FN2O2. The zero-order valence-electron chi connectivity index (χ0n) is 11.6. The molecule has 0 amide bonds. The van der Waals surface area contributed by atoms with Gasteiger partial charge in [-0.3, -0.25) is 10.1 Å². The fraction of sp³-hybridized carbons (Fsp3) is 0.571. The maximum Gasteiger partial charge on any atom is 0.295 e. The summed E-state index contributed by atoms with van der Waals surface area (Å²) in [6, 6.07) is 3.80. The van der Waals surface area contributed by atoms with Gasteiger partial charge in [0.2, 0.25) is 0 Å². The van der Waals surface area contributed by atoms with Gasteiger partial charge in [-0.2, -0.15) is 0 Å². The molecule has 0 heterocycles. The van der Waals surface area contributed by atoms with Gasteiger partial charge >= 0.3 is 0 Å². The molecule has 2 atom stereocenters. The lowest BCUT2D eigenvalue weighted by atomic mass is 9.97. The van der Waals surface area contributed by atoms with E-state index in [0.717, 1.165) is 25.3 Å². The summed E-state index contributed by atoms with van der Waals surface area (Å²) >= 11 is 0. The highest BCUT2D eigenvalue weighted by Gasteiger charge is 2.18. The fourth-order valence-corrected chi connectivity index (χ4v) is 1.98. The van der Waals surface area contributed by atoms with Crippen molar-refractivity contribution in [3.05, 3.63) is 34.1 Å². The summed E-state index contributed by atoms with van der Waals surface area (Å²) in [5.74, 6) is -0.0378. The minimum atomic E-state index is -0.591. The van der Waals surface area contributed by atoms with Crippen LogP contribution in [0.1, 0.15) is 40.0 Å². The van der Waals surface area contributed by atoms with E-state index in [4.69, 9.17) is 0 Å². The second-order valence-corrected chi connectivity index (χ2v) is 4.92. The molecule has 0 bridgehead atoms. The average Bonchev–Trinajstić information content (AvgIpc) is 2.39. The van der Waals surface area contributed by atoms with Crippen LogP contribution >= 0.6 is 0 Å². The number of anilines is 1. The second kappa shape index (κ2) is 7.07. The number of hydrogen-bond donors (Lipinski definition) is 1. The summed E-state index contributed by atoms with van der Waals surface area (Å²) in [7, 11) is 0. The Morgan fingerprint density at radius 2 is 2.05 bits per heavy atom. The van der Waals surface area contributed by atoms with Gasteiger partial charge < -0.3 is 5.32 Å². The van der Waals surface area contributed by atoms with Crippen LogP contribution in [0.25, 0.3) is 0 Å². The molecule has 4 nitrogen and oxygen atoms in total. The molecular weight excluding hydrogens is 247 g/mol. The second-order valence-electron chi connectivity index (χ2n) is 4.92. The van der Waals surface area contributed by atoms with Gasteiger partial charge in [0.25, 0.3) is 5.69 Å². The van der Waals surface area contributed by atoms with E-state index in [0.29, 0.717) is 11.6 Å². The SMILES string of the molecule is CCC(C)CC(CC)Nc1ccc(F)cc1[N+](=O)[O-]. The van der Waals surface area contributed by atoms with Crippen molar-refractivity contribution in [1.82, 2.24) is 0 Å². The van der Waals surface area contributed by atoms with Crippen molar-refractivity contribution in [3.8, 4) is 0 Å². The van der Waals surface area contributed by atoms with E-state index in [1.54, 1.807) is 0 Å². The average molecular weight is 268 g/mol. The Labute approximate surface area is 113 Å². The molecule has 2 unspecified atom stereocenters. The molecule has 0 aromatic heterocycles. The number of nitro groups is 1. The standard InChI is InChI=1S/C14H21FN2O2/c1-4-10(3)8-12(5-2)16-13-7-6-11(15)9-14(13)17(18)19/h6-7,9-10,12,16H,4-5,8H2,1-3H3. The smallest absolute Gasteiger partial charge is 0.295 e. The molecule has 0 saturated carbocycles. The van der Waals surface area contributed by atoms with Crippen LogP contribution < -0.4 is 5.32 Å². The third-order valence-electron chi connectivity index (χ3n) is 3.39. The Bertz CT molecular complexity index is 437. The molecule has 1 N–H and O–H groups in total. The van der Waals surface area contributed by atoms with Crippen molar-refractivity contribution in [1.29, 1.82) is 0 Å². The maximum absolute atomic E-state index is 13.1. The molecule has 0 spiro atoms. The van der Waals surface area contributed by atoms with Gasteiger partial charge in [-0.05, 0) is 30.9 Å². The summed E-state index contributed by atoms with van der Waals surface area (Å²) in [4.78, 5) is 10.4. The van der Waals surface area contributed by atoms with Gasteiger partial charge in [-0.25, -0.2) is 4.39 Å². The lowest BCUT2D eigenvalue weighted by Crippen LogP contribution is -2.21. The normalized spacial score (nSPS) is 13.9. The molecule has 0 aliphatic carbocycles. The van der Waals surface area contributed by atoms with E-state index in [1.165, 1.54) is 12.1 Å². The lowest BCUT2D eigenvalue weighted by Gasteiger charge is -2.21. The van der Waals surface area contributed by atoms with Crippen LogP contribution in [0, 0.1) is 21.8 Å². The number of benzene rings is 1. The van der Waals surface area contributed by atoms with E-state index in [-0.39, 0.29) is 11.7 Å². The van der Waals surface area contributed by atoms with E-state index in [2.05, 4.69) is 19.2 Å². The molecule has 0 saturated heterocycles. The summed E-state index contributed by atoms with van der Waals surface area (Å²) in [5, 5.41) is 14.1. The molecule has 0 radical (unpaired) electrons. The predicted octanol–water partition coefficient (Wildman–Crippen LogP) is 4.36. The van der Waals surface area contributed by atoms with Crippen molar-refractivity contribution in [2.45, 2.75) is 46.1 Å². The van der Waals surface area contributed by atoms with E-state index >= 15 is 0 Å². The monoisotopic (exact) mass is 268 g/mol.